The number of aromatic nitrogens is 2. The molecule has 0 unspecified atom stereocenters. The minimum atomic E-state index is 0.227. The number of phenols is 2. The van der Waals surface area contributed by atoms with Crippen LogP contribution < -0.4 is 0 Å². The molecule has 0 saturated heterocycles. The van der Waals surface area contributed by atoms with Crippen molar-refractivity contribution in [2.45, 2.75) is 13.0 Å². The molecule has 4 heteroatoms. The number of aryl methyl sites for hydroxylation is 2. The molecule has 124 valence electrons. The Morgan fingerprint density at radius 2 is 1.52 bits per heavy atom. The Morgan fingerprint density at radius 1 is 0.800 bits per heavy atom. The van der Waals surface area contributed by atoms with E-state index in [0.717, 1.165) is 35.4 Å². The smallest absolute Gasteiger partial charge is 0.141 e. The first-order valence-electron chi connectivity index (χ1n) is 8.23. The molecule has 1 heterocycles. The van der Waals surface area contributed by atoms with Gasteiger partial charge >= 0.3 is 0 Å². The van der Waals surface area contributed by atoms with Gasteiger partial charge in [0, 0.05) is 18.2 Å². The minimum Gasteiger partial charge on any atom is -0.508 e. The number of hydrogen-bond acceptors (Lipinski definition) is 3. The third-order valence-electron chi connectivity index (χ3n) is 4.32. The van der Waals surface area contributed by atoms with Crippen molar-refractivity contribution < 1.29 is 10.2 Å². The fourth-order valence-corrected chi connectivity index (χ4v) is 3.05. The number of nitrogens with zero attached hydrogens (tertiary/aromatic N) is 2. The highest BCUT2D eigenvalue weighted by Gasteiger charge is 2.13. The molecular weight excluding hydrogens is 312 g/mol. The van der Waals surface area contributed by atoms with Crippen molar-refractivity contribution in [2.75, 3.05) is 0 Å². The van der Waals surface area contributed by atoms with E-state index in [1.807, 2.05) is 36.4 Å². The summed E-state index contributed by atoms with van der Waals surface area (Å²) in [5.74, 6) is 1.29. The maximum atomic E-state index is 9.88. The first-order valence-corrected chi connectivity index (χ1v) is 8.23. The van der Waals surface area contributed by atoms with Crippen LogP contribution in [-0.2, 0) is 13.0 Å². The zero-order valence-electron chi connectivity index (χ0n) is 13.6. The lowest BCUT2D eigenvalue weighted by Crippen LogP contribution is -2.03. The van der Waals surface area contributed by atoms with Crippen LogP contribution in [0.1, 0.15) is 5.56 Å². The van der Waals surface area contributed by atoms with Crippen LogP contribution in [0.15, 0.2) is 72.8 Å². The van der Waals surface area contributed by atoms with Gasteiger partial charge in [0.15, 0.2) is 0 Å². The highest BCUT2D eigenvalue weighted by Crippen LogP contribution is 2.28. The summed E-state index contributed by atoms with van der Waals surface area (Å²) in [6, 6.07) is 22.6. The monoisotopic (exact) mass is 330 g/mol. The van der Waals surface area contributed by atoms with Gasteiger partial charge in [-0.15, -0.1) is 0 Å². The van der Waals surface area contributed by atoms with Crippen LogP contribution in [0, 0.1) is 0 Å². The lowest BCUT2D eigenvalue weighted by Gasteiger charge is -2.10. The molecule has 1 aromatic heterocycles. The number of fused-ring (bicyclic) bond motifs is 1. The Balaban J connectivity index is 1.79. The Labute approximate surface area is 145 Å². The maximum Gasteiger partial charge on any atom is 0.141 e. The molecule has 2 N–H and O–H groups in total. The van der Waals surface area contributed by atoms with Gasteiger partial charge in [0.2, 0.25) is 0 Å². The van der Waals surface area contributed by atoms with Gasteiger partial charge in [-0.05, 0) is 48.4 Å². The molecule has 0 spiro atoms. The molecule has 0 atom stereocenters. The van der Waals surface area contributed by atoms with Crippen molar-refractivity contribution in [1.29, 1.82) is 0 Å². The van der Waals surface area contributed by atoms with E-state index in [1.165, 1.54) is 5.56 Å². The molecular formula is C21H18N2O2. The summed E-state index contributed by atoms with van der Waals surface area (Å²) in [4.78, 5) is 4.74. The molecule has 0 saturated carbocycles. The molecule has 3 aromatic carbocycles. The number of imidazole rings is 1. The van der Waals surface area contributed by atoms with Gasteiger partial charge in [0.1, 0.15) is 17.3 Å². The van der Waals surface area contributed by atoms with E-state index < -0.39 is 0 Å². The second-order valence-electron chi connectivity index (χ2n) is 6.04. The van der Waals surface area contributed by atoms with Crippen molar-refractivity contribution in [1.82, 2.24) is 9.55 Å². The van der Waals surface area contributed by atoms with Crippen LogP contribution in [0.5, 0.6) is 11.5 Å². The average molecular weight is 330 g/mol. The predicted octanol–water partition coefficient (Wildman–Crippen LogP) is 4.36. The number of rotatable bonds is 4. The minimum absolute atomic E-state index is 0.227. The molecule has 4 nitrogen and oxygen atoms in total. The van der Waals surface area contributed by atoms with Crippen LogP contribution in [0.4, 0.5) is 0 Å². The predicted molar refractivity (Wildman–Crippen MR) is 98.6 cm³/mol. The lowest BCUT2D eigenvalue weighted by atomic mass is 10.1. The van der Waals surface area contributed by atoms with E-state index >= 15 is 0 Å². The number of benzene rings is 3. The first-order chi connectivity index (χ1) is 12.2. The summed E-state index contributed by atoms with van der Waals surface area (Å²) in [5, 5.41) is 19.4. The summed E-state index contributed by atoms with van der Waals surface area (Å²) in [6.45, 7) is 0.750. The Morgan fingerprint density at radius 3 is 2.28 bits per heavy atom. The molecule has 25 heavy (non-hydrogen) atoms. The third kappa shape index (κ3) is 3.06. The van der Waals surface area contributed by atoms with E-state index in [0.29, 0.717) is 0 Å². The van der Waals surface area contributed by atoms with E-state index in [4.69, 9.17) is 4.98 Å². The number of aromatic hydroxyl groups is 2. The Bertz CT molecular complexity index is 1010. The molecule has 4 aromatic rings. The molecule has 0 aliphatic rings. The zero-order valence-corrected chi connectivity index (χ0v) is 13.6. The summed E-state index contributed by atoms with van der Waals surface area (Å²) in [6.07, 6.45) is 0.868. The number of hydrogen-bond donors (Lipinski definition) is 2. The fraction of sp³-hybridized carbons (Fsp3) is 0.0952. The van der Waals surface area contributed by atoms with Gasteiger partial charge in [0.25, 0.3) is 0 Å². The van der Waals surface area contributed by atoms with Crippen LogP contribution in [0.2, 0.25) is 0 Å². The van der Waals surface area contributed by atoms with Gasteiger partial charge in [-0.25, -0.2) is 4.98 Å². The maximum absolute atomic E-state index is 9.88. The second kappa shape index (κ2) is 6.32. The van der Waals surface area contributed by atoms with Gasteiger partial charge < -0.3 is 14.8 Å². The average Bonchev–Trinajstić information content (AvgIpc) is 2.99. The van der Waals surface area contributed by atoms with Crippen molar-refractivity contribution in [3.8, 4) is 22.9 Å². The van der Waals surface area contributed by atoms with E-state index in [-0.39, 0.29) is 11.5 Å². The summed E-state index contributed by atoms with van der Waals surface area (Å²) < 4.78 is 2.12. The van der Waals surface area contributed by atoms with Gasteiger partial charge in [-0.1, -0.05) is 30.3 Å². The Kier molecular flexibility index (Phi) is 3.86. The summed E-state index contributed by atoms with van der Waals surface area (Å²) >= 11 is 0. The highest BCUT2D eigenvalue weighted by atomic mass is 16.3. The standard InChI is InChI=1S/C21H18N2O2/c24-17-8-6-16(7-9-17)21-22-19-11-10-18(25)14-20(19)23(21)13-12-15-4-2-1-3-5-15/h1-11,14,24-25H,12-13H2. The molecule has 4 rings (SSSR count). The molecule has 0 radical (unpaired) electrons. The van der Waals surface area contributed by atoms with Crippen LogP contribution >= 0.6 is 0 Å². The third-order valence-corrected chi connectivity index (χ3v) is 4.32. The van der Waals surface area contributed by atoms with Crippen molar-refractivity contribution in [2.24, 2.45) is 0 Å². The normalized spacial score (nSPS) is 11.0. The molecule has 0 aliphatic heterocycles. The van der Waals surface area contributed by atoms with E-state index in [2.05, 4.69) is 16.7 Å². The van der Waals surface area contributed by atoms with Gasteiger partial charge in [0.05, 0.1) is 11.0 Å². The van der Waals surface area contributed by atoms with Crippen molar-refractivity contribution in [3.05, 3.63) is 78.4 Å². The fourth-order valence-electron chi connectivity index (χ4n) is 3.05. The molecule has 0 fully saturated rings. The summed E-state index contributed by atoms with van der Waals surface area (Å²) in [5.41, 5.74) is 3.93. The SMILES string of the molecule is Oc1ccc(-c2nc3ccc(O)cc3n2CCc2ccccc2)cc1. The number of phenolic OH excluding ortho intramolecular Hbond substituents is 2. The van der Waals surface area contributed by atoms with E-state index in [1.54, 1.807) is 24.3 Å². The van der Waals surface area contributed by atoms with Crippen molar-refractivity contribution >= 4 is 11.0 Å². The van der Waals surface area contributed by atoms with Gasteiger partial charge in [-0.3, -0.25) is 0 Å². The van der Waals surface area contributed by atoms with Gasteiger partial charge in [-0.2, -0.15) is 0 Å². The van der Waals surface area contributed by atoms with Crippen molar-refractivity contribution in [3.63, 3.8) is 0 Å². The highest BCUT2D eigenvalue weighted by molar-refractivity contribution is 5.82. The first kappa shape index (κ1) is 15.3. The molecule has 0 aliphatic carbocycles. The largest absolute Gasteiger partial charge is 0.508 e. The van der Waals surface area contributed by atoms with Crippen LogP contribution in [-0.4, -0.2) is 19.8 Å². The summed E-state index contributed by atoms with van der Waals surface area (Å²) in [7, 11) is 0. The zero-order chi connectivity index (χ0) is 17.2. The molecule has 0 amide bonds. The van der Waals surface area contributed by atoms with E-state index in [9.17, 15) is 10.2 Å². The Hall–Kier alpha value is -3.27. The quantitative estimate of drug-likeness (QED) is 0.584. The topological polar surface area (TPSA) is 58.3 Å². The lowest BCUT2D eigenvalue weighted by molar-refractivity contribution is 0.475. The molecule has 0 bridgehead atoms. The van der Waals surface area contributed by atoms with Crippen LogP contribution in [0.25, 0.3) is 22.4 Å². The van der Waals surface area contributed by atoms with Crippen LogP contribution in [0.3, 0.4) is 0 Å². The second-order valence-corrected chi connectivity index (χ2v) is 6.04.